The molecule has 0 saturated heterocycles. The van der Waals surface area contributed by atoms with Crippen molar-refractivity contribution in [1.82, 2.24) is 0 Å². The van der Waals surface area contributed by atoms with E-state index in [1.807, 2.05) is 0 Å². The Morgan fingerprint density at radius 1 is 0.516 bits per heavy atom. The van der Waals surface area contributed by atoms with E-state index in [2.05, 4.69) is 108 Å². The summed E-state index contributed by atoms with van der Waals surface area (Å²) in [6.45, 7) is 0. The Morgan fingerprint density at radius 3 is 1.29 bits per heavy atom. The Kier molecular flexibility index (Phi) is 9.94. The van der Waals surface area contributed by atoms with Gasteiger partial charge in [0.15, 0.2) is 0 Å². The third kappa shape index (κ3) is 5.86. The van der Waals surface area contributed by atoms with Crippen LogP contribution in [0.4, 0.5) is 0 Å². The van der Waals surface area contributed by atoms with Crippen molar-refractivity contribution in [3.05, 3.63) is 108 Å². The zero-order valence-electron chi connectivity index (χ0n) is 16.5. The van der Waals surface area contributed by atoms with Crippen molar-refractivity contribution in [3.8, 4) is 20.9 Å². The van der Waals surface area contributed by atoms with Crippen LogP contribution in [0.15, 0.2) is 108 Å². The van der Waals surface area contributed by atoms with E-state index in [1.165, 1.54) is 42.4 Å². The molecule has 0 atom stereocenters. The van der Waals surface area contributed by atoms with Gasteiger partial charge < -0.3 is 24.8 Å². The first-order valence-corrected chi connectivity index (χ1v) is 11.0. The van der Waals surface area contributed by atoms with E-state index in [4.69, 9.17) is 0 Å². The van der Waals surface area contributed by atoms with Crippen molar-refractivity contribution in [2.24, 2.45) is 0 Å². The van der Waals surface area contributed by atoms with Gasteiger partial charge in [0.05, 0.1) is 0 Å². The van der Waals surface area contributed by atoms with Crippen molar-refractivity contribution in [1.29, 1.82) is 0 Å². The van der Waals surface area contributed by atoms with Crippen molar-refractivity contribution < 1.29 is 51.0 Å². The fraction of sp³-hybridized carbons (Fsp3) is 0. The first-order chi connectivity index (χ1) is 13.9. The summed E-state index contributed by atoms with van der Waals surface area (Å²) in [6.07, 6.45) is 0. The number of benzene rings is 2. The van der Waals surface area contributed by atoms with E-state index in [9.17, 15) is 0 Å². The standard InChI is InChI=1S/2C13H9S.2ClH.Zr/c2*1-2-5-11-9-12(8-10(11)4-1)13-6-3-7-14-13;;;/h2*1-9H;2*1H;/q2*-1;;;+4/p-2. The molecule has 5 heteroatoms. The van der Waals surface area contributed by atoms with Crippen LogP contribution in [-0.2, 0) is 26.2 Å². The van der Waals surface area contributed by atoms with Crippen LogP contribution >= 0.6 is 22.7 Å². The van der Waals surface area contributed by atoms with Gasteiger partial charge in [-0.2, -0.15) is 22.7 Å². The monoisotopic (exact) mass is 554 g/mol. The van der Waals surface area contributed by atoms with E-state index in [0.29, 0.717) is 0 Å². The summed E-state index contributed by atoms with van der Waals surface area (Å²) >= 11 is 3.58. The van der Waals surface area contributed by atoms with Gasteiger partial charge in [0.1, 0.15) is 0 Å². The second-order valence-corrected chi connectivity index (χ2v) is 8.60. The number of fused-ring (bicyclic) bond motifs is 2. The van der Waals surface area contributed by atoms with Crippen molar-refractivity contribution in [2.75, 3.05) is 0 Å². The smallest absolute Gasteiger partial charge is 1.00 e. The molecular weight excluding hydrogens is 539 g/mol. The first-order valence-electron chi connectivity index (χ1n) is 9.25. The average molecular weight is 557 g/mol. The summed E-state index contributed by atoms with van der Waals surface area (Å²) < 4.78 is 0. The molecule has 2 heterocycles. The van der Waals surface area contributed by atoms with Crippen LogP contribution in [0.1, 0.15) is 0 Å². The number of rotatable bonds is 2. The maximum absolute atomic E-state index is 2.25. The van der Waals surface area contributed by atoms with Gasteiger partial charge in [-0.3, -0.25) is 0 Å². The minimum absolute atomic E-state index is 0. The molecule has 0 bridgehead atoms. The zero-order valence-corrected chi connectivity index (χ0v) is 22.1. The summed E-state index contributed by atoms with van der Waals surface area (Å²) in [5, 5.41) is 9.55. The molecule has 0 nitrogen and oxygen atoms in total. The molecule has 0 unspecified atom stereocenters. The minimum atomic E-state index is 0. The Morgan fingerprint density at radius 2 is 0.935 bits per heavy atom. The fourth-order valence-corrected chi connectivity index (χ4v) is 4.90. The van der Waals surface area contributed by atoms with Crippen LogP contribution in [0.5, 0.6) is 0 Å². The molecule has 0 N–H and O–H groups in total. The van der Waals surface area contributed by atoms with Gasteiger partial charge in [0.2, 0.25) is 0 Å². The van der Waals surface area contributed by atoms with Crippen molar-refractivity contribution in [2.45, 2.75) is 0 Å². The molecule has 4 aromatic carbocycles. The second-order valence-electron chi connectivity index (χ2n) is 6.70. The molecule has 0 saturated carbocycles. The van der Waals surface area contributed by atoms with Gasteiger partial charge >= 0.3 is 26.2 Å². The minimum Gasteiger partial charge on any atom is -1.00 e. The van der Waals surface area contributed by atoms with Gasteiger partial charge in [-0.15, -0.1) is 69.1 Å². The van der Waals surface area contributed by atoms with Crippen molar-refractivity contribution >= 4 is 44.2 Å². The van der Waals surface area contributed by atoms with Gasteiger partial charge in [-0.05, 0) is 20.5 Å². The van der Waals surface area contributed by atoms with Gasteiger partial charge in [0.25, 0.3) is 0 Å². The van der Waals surface area contributed by atoms with Gasteiger partial charge in [-0.1, -0.05) is 60.7 Å². The van der Waals surface area contributed by atoms with Crippen LogP contribution in [0.2, 0.25) is 0 Å². The maximum atomic E-state index is 2.25. The SMILES string of the molecule is [Cl-].[Cl-].[Zr+4].c1csc(-c2cc3ccccc3[cH-]2)c1.c1csc(-c2cc3ccccc3[cH-]2)c1. The molecule has 0 spiro atoms. The van der Waals surface area contributed by atoms with E-state index < -0.39 is 0 Å². The molecule has 0 aliphatic carbocycles. The molecule has 6 aromatic rings. The normalized spacial score (nSPS) is 9.81. The largest absolute Gasteiger partial charge is 4.00 e. The molecule has 0 fully saturated rings. The Labute approximate surface area is 222 Å². The number of hydrogen-bond acceptors (Lipinski definition) is 2. The van der Waals surface area contributed by atoms with Crippen LogP contribution in [0.3, 0.4) is 0 Å². The van der Waals surface area contributed by atoms with Crippen LogP contribution in [0.25, 0.3) is 42.4 Å². The summed E-state index contributed by atoms with van der Waals surface area (Å²) in [6, 6.07) is 34.5. The molecular formula is C26H18Cl2S2Zr. The Balaban J connectivity index is 0.000000201. The summed E-state index contributed by atoms with van der Waals surface area (Å²) in [5.41, 5.74) is 2.67. The fourth-order valence-electron chi connectivity index (χ4n) is 3.47. The Hall–Kier alpha value is -1.48. The molecule has 0 amide bonds. The van der Waals surface area contributed by atoms with Crippen LogP contribution < -0.4 is 24.8 Å². The Bertz CT molecular complexity index is 1140. The quantitative estimate of drug-likeness (QED) is 0.288. The van der Waals surface area contributed by atoms with Crippen LogP contribution in [-0.4, -0.2) is 0 Å². The number of halogens is 2. The maximum Gasteiger partial charge on any atom is 4.00 e. The predicted octanol–water partition coefficient (Wildman–Crippen LogP) is 2.58. The van der Waals surface area contributed by atoms with E-state index >= 15 is 0 Å². The summed E-state index contributed by atoms with van der Waals surface area (Å²) in [4.78, 5) is 2.70. The first kappa shape index (κ1) is 25.8. The molecule has 0 aliphatic heterocycles. The van der Waals surface area contributed by atoms with Crippen molar-refractivity contribution in [3.63, 3.8) is 0 Å². The van der Waals surface area contributed by atoms with Crippen LogP contribution in [0, 0.1) is 0 Å². The predicted molar refractivity (Wildman–Crippen MR) is 126 cm³/mol. The van der Waals surface area contributed by atoms with Gasteiger partial charge in [-0.25, -0.2) is 0 Å². The third-order valence-corrected chi connectivity index (χ3v) is 6.69. The van der Waals surface area contributed by atoms with E-state index in [-0.39, 0.29) is 51.0 Å². The molecule has 0 radical (unpaired) electrons. The third-order valence-electron chi connectivity index (χ3n) is 4.85. The molecule has 0 aliphatic rings. The summed E-state index contributed by atoms with van der Waals surface area (Å²) in [7, 11) is 0. The topological polar surface area (TPSA) is 0 Å². The molecule has 152 valence electrons. The van der Waals surface area contributed by atoms with E-state index in [0.717, 1.165) is 0 Å². The molecule has 6 rings (SSSR count). The number of thiophene rings is 2. The summed E-state index contributed by atoms with van der Waals surface area (Å²) in [5.74, 6) is 0. The molecule has 2 aromatic heterocycles. The second kappa shape index (κ2) is 11.9. The average Bonchev–Trinajstić information content (AvgIpc) is 3.54. The van der Waals surface area contributed by atoms with E-state index in [1.54, 1.807) is 22.7 Å². The number of hydrogen-bond donors (Lipinski definition) is 0. The zero-order chi connectivity index (χ0) is 18.8. The molecule has 31 heavy (non-hydrogen) atoms. The van der Waals surface area contributed by atoms with Gasteiger partial charge in [0, 0.05) is 0 Å².